The highest BCUT2D eigenvalue weighted by atomic mass is 127. The van der Waals surface area contributed by atoms with Crippen LogP contribution >= 0.6 is 67.8 Å². The molecule has 6 rings (SSSR count). The van der Waals surface area contributed by atoms with Gasteiger partial charge in [-0.1, -0.05) is 93.5 Å². The number of hydrogen-bond donors (Lipinski definition) is 6. The molecule has 67 heavy (non-hydrogen) atoms. The molecule has 0 saturated heterocycles. The number of nitrogens with one attached hydrogen (secondary N) is 4. The summed E-state index contributed by atoms with van der Waals surface area (Å²) in [7, 11) is 0. The van der Waals surface area contributed by atoms with E-state index in [0.29, 0.717) is 64.5 Å². The van der Waals surface area contributed by atoms with Gasteiger partial charge in [0.1, 0.15) is 25.1 Å². The van der Waals surface area contributed by atoms with Gasteiger partial charge >= 0.3 is 0 Å². The molecule has 376 valence electrons. The highest BCUT2D eigenvalue weighted by molar-refractivity contribution is 14.1. The fourth-order valence-electron chi connectivity index (χ4n) is 10.9. The van der Waals surface area contributed by atoms with E-state index in [9.17, 15) is 34.2 Å². The minimum Gasteiger partial charge on any atom is -0.489 e. The van der Waals surface area contributed by atoms with Crippen molar-refractivity contribution >= 4 is 97.2 Å². The number of ketones is 1. The molecule has 0 bridgehead atoms. The molecular formula is C50H75I3N4O10. The van der Waals surface area contributed by atoms with Gasteiger partial charge < -0.3 is 45.7 Å². The number of allylic oxidation sites excluding steroid dienone is 3. The SMILES string of the molecule is O=C1C=CC2=C(C3CCC(C(=O)NCCCCCCNC(=O)COCC(=O)NCCCCCCNC(=O)CC4CC(I)C(OC5CCC(O)C(I)C5)C(I)C4)CC3)C3CCC(O)CC3OC2=C1. The van der Waals surface area contributed by atoms with E-state index in [-0.39, 0.29) is 88.9 Å². The molecule has 0 aromatic heterocycles. The predicted molar refractivity (Wildman–Crippen MR) is 282 cm³/mol. The Morgan fingerprint density at radius 3 is 1.87 bits per heavy atom. The molecule has 8 atom stereocenters. The molecule has 4 amide bonds. The van der Waals surface area contributed by atoms with Crippen LogP contribution in [0.2, 0.25) is 0 Å². The van der Waals surface area contributed by atoms with E-state index in [1.165, 1.54) is 5.57 Å². The molecule has 8 unspecified atom stereocenters. The highest BCUT2D eigenvalue weighted by Gasteiger charge is 2.44. The highest BCUT2D eigenvalue weighted by Crippen LogP contribution is 2.49. The summed E-state index contributed by atoms with van der Waals surface area (Å²) in [5, 5.41) is 32.3. The van der Waals surface area contributed by atoms with Crippen molar-refractivity contribution in [2.45, 2.75) is 177 Å². The van der Waals surface area contributed by atoms with E-state index in [4.69, 9.17) is 14.2 Å². The Kier molecular flexibility index (Phi) is 23.4. The molecule has 0 aromatic rings. The van der Waals surface area contributed by atoms with E-state index in [1.54, 1.807) is 12.2 Å². The lowest BCUT2D eigenvalue weighted by Gasteiger charge is -2.45. The zero-order chi connectivity index (χ0) is 47.7. The lowest BCUT2D eigenvalue weighted by molar-refractivity contribution is -0.131. The molecule has 0 radical (unpaired) electrons. The topological polar surface area (TPSA) is 202 Å². The average molecular weight is 1270 g/mol. The number of hydrogen-bond acceptors (Lipinski definition) is 10. The maximum Gasteiger partial charge on any atom is 0.246 e. The van der Waals surface area contributed by atoms with Crippen LogP contribution in [-0.4, -0.2) is 121 Å². The van der Waals surface area contributed by atoms with E-state index >= 15 is 0 Å². The number of ether oxygens (including phenoxy) is 3. The molecule has 1 heterocycles. The molecule has 4 fully saturated rings. The Balaban J connectivity index is 0.702. The van der Waals surface area contributed by atoms with Crippen molar-refractivity contribution in [3.05, 3.63) is 35.1 Å². The van der Waals surface area contributed by atoms with Crippen molar-refractivity contribution in [3.63, 3.8) is 0 Å². The van der Waals surface area contributed by atoms with Crippen LogP contribution in [0.25, 0.3) is 0 Å². The summed E-state index contributed by atoms with van der Waals surface area (Å²) in [6, 6.07) is 0. The molecule has 0 spiro atoms. The van der Waals surface area contributed by atoms with Crippen molar-refractivity contribution < 1.29 is 48.4 Å². The number of rotatable bonds is 24. The van der Waals surface area contributed by atoms with Gasteiger partial charge in [0.15, 0.2) is 5.78 Å². The van der Waals surface area contributed by atoms with Crippen LogP contribution < -0.4 is 21.3 Å². The van der Waals surface area contributed by atoms with E-state index in [0.717, 1.165) is 128 Å². The molecule has 6 aliphatic rings. The molecule has 17 heteroatoms. The number of halogens is 3. The third kappa shape index (κ3) is 17.7. The second kappa shape index (κ2) is 28.6. The first-order chi connectivity index (χ1) is 32.3. The number of carbonyl (C=O) groups excluding carboxylic acids is 5. The van der Waals surface area contributed by atoms with Gasteiger partial charge in [-0.2, -0.15) is 0 Å². The van der Waals surface area contributed by atoms with Crippen LogP contribution in [0.3, 0.4) is 0 Å². The summed E-state index contributed by atoms with van der Waals surface area (Å²) in [4.78, 5) is 62.2. The van der Waals surface area contributed by atoms with Gasteiger partial charge in [-0.15, -0.1) is 0 Å². The molecule has 6 N–H and O–H groups in total. The molecule has 4 saturated carbocycles. The first-order valence-electron chi connectivity index (χ1n) is 25.3. The van der Waals surface area contributed by atoms with E-state index < -0.39 is 0 Å². The first-order valence-corrected chi connectivity index (χ1v) is 29.0. The fourth-order valence-corrected chi connectivity index (χ4v) is 15.4. The number of aliphatic hydroxyl groups excluding tert-OH is 2. The van der Waals surface area contributed by atoms with E-state index in [1.807, 2.05) is 6.08 Å². The molecule has 0 aromatic carbocycles. The number of unbranched alkanes of at least 4 members (excludes halogenated alkanes) is 6. The first kappa shape index (κ1) is 54.9. The van der Waals surface area contributed by atoms with E-state index in [2.05, 4.69) is 89.0 Å². The Morgan fingerprint density at radius 2 is 1.25 bits per heavy atom. The maximum atomic E-state index is 13.0. The Bertz CT molecular complexity index is 1740. The summed E-state index contributed by atoms with van der Waals surface area (Å²) >= 11 is 7.36. The van der Waals surface area contributed by atoms with Crippen LogP contribution in [0.1, 0.15) is 135 Å². The van der Waals surface area contributed by atoms with Crippen LogP contribution in [0.5, 0.6) is 0 Å². The van der Waals surface area contributed by atoms with Gasteiger partial charge in [-0.05, 0) is 126 Å². The van der Waals surface area contributed by atoms with Crippen molar-refractivity contribution in [2.24, 2.45) is 23.7 Å². The van der Waals surface area contributed by atoms with Gasteiger partial charge in [-0.25, -0.2) is 0 Å². The second-order valence-corrected chi connectivity index (χ2v) is 24.5. The van der Waals surface area contributed by atoms with Gasteiger partial charge in [-0.3, -0.25) is 24.0 Å². The van der Waals surface area contributed by atoms with Crippen molar-refractivity contribution in [1.29, 1.82) is 0 Å². The fraction of sp³-hybridized carbons (Fsp3) is 0.780. The molecule has 1 aliphatic heterocycles. The molecular weight excluding hydrogens is 1200 g/mol. The van der Waals surface area contributed by atoms with Gasteiger partial charge in [0.05, 0.1) is 24.4 Å². The number of amides is 4. The number of alkyl halides is 3. The number of aliphatic hydroxyl groups is 2. The number of fused-ring (bicyclic) bond motifs is 2. The van der Waals surface area contributed by atoms with Gasteiger partial charge in [0.25, 0.3) is 0 Å². The largest absolute Gasteiger partial charge is 0.489 e. The predicted octanol–water partition coefficient (Wildman–Crippen LogP) is 6.78. The van der Waals surface area contributed by atoms with Gasteiger partial charge in [0, 0.05) is 74.3 Å². The van der Waals surface area contributed by atoms with Crippen molar-refractivity contribution in [3.8, 4) is 0 Å². The summed E-state index contributed by atoms with van der Waals surface area (Å²) in [5.74, 6) is 1.29. The monoisotopic (exact) mass is 1270 g/mol. The number of carbonyl (C=O) groups is 5. The molecule has 5 aliphatic carbocycles. The Morgan fingerprint density at radius 1 is 0.657 bits per heavy atom. The zero-order valence-corrected chi connectivity index (χ0v) is 45.5. The summed E-state index contributed by atoms with van der Waals surface area (Å²) in [6.45, 7) is 2.04. The Hall–Kier alpha value is -1.40. The van der Waals surface area contributed by atoms with Crippen molar-refractivity contribution in [1.82, 2.24) is 21.3 Å². The quantitative estimate of drug-likeness (QED) is 0.0340. The third-order valence-electron chi connectivity index (χ3n) is 14.5. The maximum absolute atomic E-state index is 13.0. The Labute approximate surface area is 438 Å². The lowest BCUT2D eigenvalue weighted by atomic mass is 9.67. The van der Waals surface area contributed by atoms with Crippen LogP contribution in [-0.2, 0) is 38.2 Å². The second-order valence-electron chi connectivity index (χ2n) is 19.7. The minimum atomic E-state index is -0.372. The van der Waals surface area contributed by atoms with Crippen LogP contribution in [0.15, 0.2) is 35.1 Å². The summed E-state index contributed by atoms with van der Waals surface area (Å²) in [5.41, 5.74) is 2.40. The summed E-state index contributed by atoms with van der Waals surface area (Å²) < 4.78 is 19.1. The normalized spacial score (nSPS) is 31.7. The standard InChI is InChI=1S/C50H75I3N4O10/c51-39-28-36(15-18-42(39)60)66-49-40(52)23-31(24-41(49)53)25-45(61)54-19-5-1-2-6-20-55-46(62)29-65-30-47(63)56-21-7-3-4-8-22-57-50(64)33-11-9-32(10-12-33)48-37-16-13-34(58)26-43(37)67-44-27-35(59)14-17-38(44)48/h13,16,26,31-33,35-36,38-42,44,49,59-60H,1-12,14-15,17-25,27-30H2,(H,54,61)(H,55,62)(H,56,63)(H,57,64). The van der Waals surface area contributed by atoms with Crippen molar-refractivity contribution in [2.75, 3.05) is 39.4 Å². The zero-order valence-electron chi connectivity index (χ0n) is 39.0. The minimum absolute atomic E-state index is 0.00556. The lowest BCUT2D eigenvalue weighted by Crippen LogP contribution is -2.45. The van der Waals surface area contributed by atoms with Crippen LogP contribution in [0.4, 0.5) is 0 Å². The van der Waals surface area contributed by atoms with Gasteiger partial charge in [0.2, 0.25) is 23.6 Å². The third-order valence-corrected chi connectivity index (χ3v) is 18.3. The average Bonchev–Trinajstić information content (AvgIpc) is 3.29. The smallest absolute Gasteiger partial charge is 0.246 e. The summed E-state index contributed by atoms with van der Waals surface area (Å²) in [6.07, 6.45) is 22.9. The van der Waals surface area contributed by atoms with Crippen LogP contribution in [0, 0.1) is 23.7 Å². The molecule has 14 nitrogen and oxygen atoms in total.